The Bertz CT molecular complexity index is 646. The summed E-state index contributed by atoms with van der Waals surface area (Å²) in [7, 11) is -1.31. The lowest BCUT2D eigenvalue weighted by atomic mass is 10.1. The minimum Gasteiger partial charge on any atom is -0.301 e. The summed E-state index contributed by atoms with van der Waals surface area (Å²) in [4.78, 5) is 11.8. The van der Waals surface area contributed by atoms with Crippen LogP contribution in [-0.2, 0) is 21.1 Å². The molecule has 2 aromatic heterocycles. The molecule has 1 atom stereocenters. The minimum atomic E-state index is -1.31. The van der Waals surface area contributed by atoms with Gasteiger partial charge in [0.2, 0.25) is 0 Å². The third-order valence-corrected chi connectivity index (χ3v) is 4.52. The van der Waals surface area contributed by atoms with Crippen molar-refractivity contribution in [3.8, 4) is 10.6 Å². The second-order valence-corrected chi connectivity index (χ2v) is 6.87. The molecule has 0 fully saturated rings. The predicted octanol–water partition coefficient (Wildman–Crippen LogP) is 2.42. The number of thiophene rings is 1. The van der Waals surface area contributed by atoms with Crippen LogP contribution in [-0.4, -0.2) is 26.5 Å². The van der Waals surface area contributed by atoms with E-state index >= 15 is 0 Å². The average Bonchev–Trinajstić information content (AvgIpc) is 2.94. The van der Waals surface area contributed by atoms with Crippen molar-refractivity contribution in [1.82, 2.24) is 9.78 Å². The molecule has 1 unspecified atom stereocenters. The highest BCUT2D eigenvalue weighted by Crippen LogP contribution is 2.32. The van der Waals surface area contributed by atoms with Gasteiger partial charge in [-0.3, -0.25) is 8.89 Å². The molecule has 0 aliphatic carbocycles. The van der Waals surface area contributed by atoms with Gasteiger partial charge >= 0.3 is 0 Å². The van der Waals surface area contributed by atoms with Crippen LogP contribution in [0.15, 0.2) is 22.5 Å². The summed E-state index contributed by atoms with van der Waals surface area (Å²) in [5, 5.41) is 5.85. The van der Waals surface area contributed by atoms with E-state index in [0.717, 1.165) is 6.29 Å². The third kappa shape index (κ3) is 2.52. The normalized spacial score (nSPS) is 13.5. The Hall–Kier alpha value is -1.34. The summed E-state index contributed by atoms with van der Waals surface area (Å²) in [5.74, 6) is -0.397. The standard InChI is InChI=1S/C12H13FN2O2S2/c1-12(2,7-16)15-6-9(19(3)17)10(14-15)11-8(13)4-5-18-11/h4-7H,1-3H3. The van der Waals surface area contributed by atoms with Crippen molar-refractivity contribution < 1.29 is 13.4 Å². The summed E-state index contributed by atoms with van der Waals surface area (Å²) < 4.78 is 26.8. The Morgan fingerprint density at radius 2 is 2.21 bits per heavy atom. The van der Waals surface area contributed by atoms with Gasteiger partial charge in [0.15, 0.2) is 0 Å². The number of aromatic nitrogens is 2. The average molecular weight is 300 g/mol. The van der Waals surface area contributed by atoms with Crippen LogP contribution in [0.4, 0.5) is 4.39 Å². The van der Waals surface area contributed by atoms with Gasteiger partial charge in [-0.15, -0.1) is 11.3 Å². The molecule has 0 amide bonds. The van der Waals surface area contributed by atoms with E-state index in [1.807, 2.05) is 0 Å². The number of hydrogen-bond acceptors (Lipinski definition) is 4. The second kappa shape index (κ2) is 4.97. The van der Waals surface area contributed by atoms with E-state index in [1.165, 1.54) is 28.3 Å². The number of carbonyl (C=O) groups is 1. The molecule has 2 rings (SSSR count). The van der Waals surface area contributed by atoms with Gasteiger partial charge in [-0.05, 0) is 25.3 Å². The Morgan fingerprint density at radius 1 is 1.53 bits per heavy atom. The molecule has 102 valence electrons. The maximum atomic E-state index is 13.7. The summed E-state index contributed by atoms with van der Waals surface area (Å²) >= 11 is 1.19. The molecule has 0 aliphatic rings. The minimum absolute atomic E-state index is 0.336. The fourth-order valence-corrected chi connectivity index (χ4v) is 3.03. The largest absolute Gasteiger partial charge is 0.301 e. The fraction of sp³-hybridized carbons (Fsp3) is 0.333. The number of nitrogens with zero attached hydrogens (tertiary/aromatic N) is 2. The lowest BCUT2D eigenvalue weighted by Gasteiger charge is -2.16. The van der Waals surface area contributed by atoms with Crippen LogP contribution in [0.5, 0.6) is 0 Å². The smallest absolute Gasteiger partial charge is 0.147 e. The predicted molar refractivity (Wildman–Crippen MR) is 73.2 cm³/mol. The summed E-state index contributed by atoms with van der Waals surface area (Å²) in [6, 6.07) is 1.34. The molecule has 0 aromatic carbocycles. The van der Waals surface area contributed by atoms with Crippen molar-refractivity contribution >= 4 is 28.4 Å². The molecule has 7 heteroatoms. The SMILES string of the molecule is CS(=O)c1cn(C(C)(C)C=O)nc1-c1sccc1F. The molecule has 0 saturated heterocycles. The van der Waals surface area contributed by atoms with Crippen molar-refractivity contribution in [1.29, 1.82) is 0 Å². The van der Waals surface area contributed by atoms with Crippen molar-refractivity contribution in [3.05, 3.63) is 23.5 Å². The molecule has 0 N–H and O–H groups in total. The summed E-state index contributed by atoms with van der Waals surface area (Å²) in [6.45, 7) is 3.37. The van der Waals surface area contributed by atoms with E-state index in [0.29, 0.717) is 15.5 Å². The Morgan fingerprint density at radius 3 is 2.68 bits per heavy atom. The van der Waals surface area contributed by atoms with Crippen LogP contribution in [0.2, 0.25) is 0 Å². The molecule has 0 aliphatic heterocycles. The zero-order chi connectivity index (χ0) is 14.2. The molecule has 0 radical (unpaired) electrons. The highest BCUT2D eigenvalue weighted by atomic mass is 32.2. The van der Waals surface area contributed by atoms with Gasteiger partial charge in [-0.1, -0.05) is 0 Å². The first-order chi connectivity index (χ1) is 8.86. The Kier molecular flexibility index (Phi) is 3.69. The quantitative estimate of drug-likeness (QED) is 0.815. The highest BCUT2D eigenvalue weighted by Gasteiger charge is 2.25. The maximum absolute atomic E-state index is 13.7. The summed E-state index contributed by atoms with van der Waals surface area (Å²) in [5.41, 5.74) is -0.525. The molecule has 19 heavy (non-hydrogen) atoms. The third-order valence-electron chi connectivity index (χ3n) is 2.70. The second-order valence-electron chi connectivity index (χ2n) is 4.61. The van der Waals surface area contributed by atoms with Crippen LogP contribution in [0.1, 0.15) is 13.8 Å². The highest BCUT2D eigenvalue weighted by molar-refractivity contribution is 7.84. The summed E-state index contributed by atoms with van der Waals surface area (Å²) in [6.07, 6.45) is 3.79. The Labute approximate surface area is 116 Å². The van der Waals surface area contributed by atoms with E-state index in [1.54, 1.807) is 25.4 Å². The number of hydrogen-bond donors (Lipinski definition) is 0. The number of rotatable bonds is 4. The molecular weight excluding hydrogens is 287 g/mol. The van der Waals surface area contributed by atoms with Gasteiger partial charge in [-0.25, -0.2) is 4.39 Å². The van der Waals surface area contributed by atoms with Crippen LogP contribution in [0, 0.1) is 5.82 Å². The molecular formula is C12H13FN2O2S2. The van der Waals surface area contributed by atoms with Crippen molar-refractivity contribution in [2.75, 3.05) is 6.26 Å². The molecule has 4 nitrogen and oxygen atoms in total. The van der Waals surface area contributed by atoms with Gasteiger partial charge in [-0.2, -0.15) is 5.10 Å². The van der Waals surface area contributed by atoms with Crippen LogP contribution in [0.25, 0.3) is 10.6 Å². The molecule has 0 saturated carbocycles. The number of carbonyl (C=O) groups excluding carboxylic acids is 1. The number of halogens is 1. The van der Waals surface area contributed by atoms with Gasteiger partial charge in [0.05, 0.1) is 20.6 Å². The lowest BCUT2D eigenvalue weighted by molar-refractivity contribution is -0.114. The number of aldehydes is 1. The molecule has 2 aromatic rings. The van der Waals surface area contributed by atoms with E-state index in [-0.39, 0.29) is 0 Å². The van der Waals surface area contributed by atoms with Gasteiger partial charge < -0.3 is 4.79 Å². The molecule has 0 bridgehead atoms. The van der Waals surface area contributed by atoms with Crippen LogP contribution in [0.3, 0.4) is 0 Å². The van der Waals surface area contributed by atoms with Crippen molar-refractivity contribution in [3.63, 3.8) is 0 Å². The van der Waals surface area contributed by atoms with Crippen LogP contribution >= 0.6 is 11.3 Å². The van der Waals surface area contributed by atoms with E-state index < -0.39 is 22.2 Å². The zero-order valence-electron chi connectivity index (χ0n) is 10.7. The lowest BCUT2D eigenvalue weighted by Crippen LogP contribution is -2.28. The van der Waals surface area contributed by atoms with E-state index in [9.17, 15) is 13.4 Å². The fourth-order valence-electron chi connectivity index (χ4n) is 1.54. The topological polar surface area (TPSA) is 52.0 Å². The zero-order valence-corrected chi connectivity index (χ0v) is 12.3. The monoisotopic (exact) mass is 300 g/mol. The van der Waals surface area contributed by atoms with E-state index in [2.05, 4.69) is 5.10 Å². The molecule has 0 spiro atoms. The van der Waals surface area contributed by atoms with Gasteiger partial charge in [0, 0.05) is 12.5 Å². The first-order valence-electron chi connectivity index (χ1n) is 5.50. The van der Waals surface area contributed by atoms with E-state index in [4.69, 9.17) is 0 Å². The van der Waals surface area contributed by atoms with Crippen molar-refractivity contribution in [2.24, 2.45) is 0 Å². The van der Waals surface area contributed by atoms with Gasteiger partial charge in [0.1, 0.15) is 23.3 Å². The Balaban J connectivity index is 2.64. The maximum Gasteiger partial charge on any atom is 0.147 e. The first-order valence-corrected chi connectivity index (χ1v) is 7.94. The molecule has 2 heterocycles. The first kappa shape index (κ1) is 14.1. The van der Waals surface area contributed by atoms with Crippen molar-refractivity contribution in [2.45, 2.75) is 24.3 Å². The van der Waals surface area contributed by atoms with Crippen LogP contribution < -0.4 is 0 Å². The van der Waals surface area contributed by atoms with Gasteiger partial charge in [0.25, 0.3) is 0 Å².